The van der Waals surface area contributed by atoms with Crippen molar-refractivity contribution in [3.8, 4) is 0 Å². The lowest BCUT2D eigenvalue weighted by Gasteiger charge is -2.42. The number of nitrogens with zero attached hydrogens (tertiary/aromatic N) is 1. The Morgan fingerprint density at radius 1 is 0.592 bits per heavy atom. The van der Waals surface area contributed by atoms with E-state index in [0.29, 0.717) is 19.4 Å². The Bertz CT molecular complexity index is 735. The van der Waals surface area contributed by atoms with E-state index >= 15 is 0 Å². The minimum atomic E-state index is -0.0393. The molecule has 49 heavy (non-hydrogen) atoms. The summed E-state index contributed by atoms with van der Waals surface area (Å²) in [6.07, 6.45) is 35.5. The fourth-order valence-corrected chi connectivity index (χ4v) is 7.69. The highest BCUT2D eigenvalue weighted by Crippen LogP contribution is 2.41. The van der Waals surface area contributed by atoms with Crippen molar-refractivity contribution in [1.29, 1.82) is 0 Å². The maximum Gasteiger partial charge on any atom is 0.306 e. The zero-order chi connectivity index (χ0) is 35.7. The lowest BCUT2D eigenvalue weighted by atomic mass is 9.71. The number of piperidine rings is 1. The summed E-state index contributed by atoms with van der Waals surface area (Å²) in [7, 11) is 0. The van der Waals surface area contributed by atoms with Crippen molar-refractivity contribution in [3.05, 3.63) is 0 Å². The molecule has 1 fully saturated rings. The Morgan fingerprint density at radius 3 is 1.53 bits per heavy atom. The Morgan fingerprint density at radius 2 is 1.04 bits per heavy atom. The van der Waals surface area contributed by atoms with E-state index in [1.54, 1.807) is 0 Å². The minimum Gasteiger partial charge on any atom is -0.466 e. The summed E-state index contributed by atoms with van der Waals surface area (Å²) in [5.41, 5.74) is 0.273. The van der Waals surface area contributed by atoms with Crippen LogP contribution >= 0.6 is 0 Å². The predicted octanol–water partition coefficient (Wildman–Crippen LogP) is 11.9. The second-order valence-corrected chi connectivity index (χ2v) is 15.5. The fraction of sp³-hybridized carbons (Fsp3) is 0.953. The normalized spacial score (nSPS) is 14.8. The van der Waals surface area contributed by atoms with Crippen molar-refractivity contribution in [1.82, 2.24) is 4.90 Å². The second-order valence-electron chi connectivity index (χ2n) is 15.5. The molecule has 0 amide bonds. The maximum absolute atomic E-state index is 13.0. The Hall–Kier alpha value is -1.14. The zero-order valence-electron chi connectivity index (χ0n) is 33.1. The summed E-state index contributed by atoms with van der Waals surface area (Å²) in [6, 6.07) is 0. The molecule has 1 rings (SSSR count). The smallest absolute Gasteiger partial charge is 0.306 e. The first-order chi connectivity index (χ1) is 24.0. The topological polar surface area (TPSA) is 76.1 Å². The van der Waals surface area contributed by atoms with Crippen LogP contribution in [0.4, 0.5) is 0 Å². The molecule has 0 spiro atoms. The SMILES string of the molecule is CCCCCCCCCOC(=O)CCCCC1(CCCCC(=O)OC(CCCCCCCC)CCCCCCCC)CCN(CCO)CC1. The summed E-state index contributed by atoms with van der Waals surface area (Å²) >= 11 is 0. The summed E-state index contributed by atoms with van der Waals surface area (Å²) in [6.45, 7) is 10.4. The van der Waals surface area contributed by atoms with Crippen LogP contribution in [0.15, 0.2) is 0 Å². The van der Waals surface area contributed by atoms with Crippen LogP contribution in [0.1, 0.15) is 220 Å². The first kappa shape index (κ1) is 45.9. The molecule has 1 aliphatic rings. The van der Waals surface area contributed by atoms with E-state index in [-0.39, 0.29) is 30.1 Å². The molecule has 6 heteroatoms. The number of aliphatic hydroxyl groups is 1. The number of β-amino-alcohol motifs (C(OH)–C–C–N with tert-alkyl or cyclic N) is 1. The number of aliphatic hydroxyl groups excluding tert-OH is 1. The highest BCUT2D eigenvalue weighted by atomic mass is 16.5. The van der Waals surface area contributed by atoms with Gasteiger partial charge in [0.25, 0.3) is 0 Å². The van der Waals surface area contributed by atoms with Gasteiger partial charge in [-0.3, -0.25) is 9.59 Å². The molecule has 1 heterocycles. The van der Waals surface area contributed by atoms with Crippen molar-refractivity contribution in [3.63, 3.8) is 0 Å². The molecule has 0 aromatic rings. The third kappa shape index (κ3) is 26.3. The zero-order valence-corrected chi connectivity index (χ0v) is 33.1. The van der Waals surface area contributed by atoms with Gasteiger partial charge in [-0.2, -0.15) is 0 Å². The number of carbonyl (C=O) groups excluding carboxylic acids is 2. The fourth-order valence-electron chi connectivity index (χ4n) is 7.69. The molecule has 0 aliphatic carbocycles. The largest absolute Gasteiger partial charge is 0.466 e. The summed E-state index contributed by atoms with van der Waals surface area (Å²) < 4.78 is 11.6. The van der Waals surface area contributed by atoms with Gasteiger partial charge in [-0.1, -0.05) is 136 Å². The Labute approximate surface area is 304 Å². The molecule has 1 N–H and O–H groups in total. The monoisotopic (exact) mass is 694 g/mol. The van der Waals surface area contributed by atoms with Crippen molar-refractivity contribution in [2.24, 2.45) is 5.41 Å². The standard InChI is InChI=1S/C43H83NO5/c1-4-7-10-13-16-19-26-39-48-41(46)29-22-24-31-43(33-35-44(36-34-43)37-38-45)32-25-23-30-42(47)49-40(27-20-17-14-11-8-5-2)28-21-18-15-12-9-6-3/h40,45H,4-39H2,1-3H3. The molecule has 0 radical (unpaired) electrons. The first-order valence-corrected chi connectivity index (χ1v) is 21.7. The number of ether oxygens (including phenoxy) is 2. The quantitative estimate of drug-likeness (QED) is 0.0526. The molecule has 1 aliphatic heterocycles. The van der Waals surface area contributed by atoms with E-state index in [1.165, 1.54) is 109 Å². The van der Waals surface area contributed by atoms with Gasteiger partial charge in [-0.15, -0.1) is 0 Å². The lowest BCUT2D eigenvalue weighted by Crippen LogP contribution is -2.41. The van der Waals surface area contributed by atoms with Gasteiger partial charge in [0, 0.05) is 19.4 Å². The van der Waals surface area contributed by atoms with Gasteiger partial charge in [0.2, 0.25) is 0 Å². The number of carbonyl (C=O) groups is 2. The second kappa shape index (κ2) is 32.7. The highest BCUT2D eigenvalue weighted by molar-refractivity contribution is 5.69. The van der Waals surface area contributed by atoms with Crippen LogP contribution in [-0.4, -0.2) is 60.9 Å². The molecule has 0 saturated carbocycles. The van der Waals surface area contributed by atoms with E-state index in [9.17, 15) is 14.7 Å². The first-order valence-electron chi connectivity index (χ1n) is 21.7. The van der Waals surface area contributed by atoms with E-state index in [1.807, 2.05) is 0 Å². The van der Waals surface area contributed by atoms with Crippen LogP contribution in [0, 0.1) is 5.41 Å². The predicted molar refractivity (Wildman–Crippen MR) is 207 cm³/mol. The molecule has 0 aromatic carbocycles. The molecular formula is C43H83NO5. The Kier molecular flexibility index (Phi) is 30.7. The average Bonchev–Trinajstić information content (AvgIpc) is 3.10. The van der Waals surface area contributed by atoms with E-state index in [2.05, 4.69) is 25.7 Å². The number of hydrogen-bond acceptors (Lipinski definition) is 6. The van der Waals surface area contributed by atoms with Crippen LogP contribution in [0.3, 0.4) is 0 Å². The molecule has 1 saturated heterocycles. The van der Waals surface area contributed by atoms with Gasteiger partial charge in [0.15, 0.2) is 0 Å². The summed E-state index contributed by atoms with van der Waals surface area (Å²) in [5.74, 6) is -0.0358. The van der Waals surface area contributed by atoms with Crippen molar-refractivity contribution in [2.75, 3.05) is 32.8 Å². The Balaban J connectivity index is 2.44. The van der Waals surface area contributed by atoms with Crippen LogP contribution in [0.2, 0.25) is 0 Å². The van der Waals surface area contributed by atoms with Crippen molar-refractivity contribution >= 4 is 11.9 Å². The molecule has 0 bridgehead atoms. The van der Waals surface area contributed by atoms with Crippen LogP contribution in [0.5, 0.6) is 0 Å². The third-order valence-corrected chi connectivity index (χ3v) is 11.1. The van der Waals surface area contributed by atoms with Gasteiger partial charge >= 0.3 is 11.9 Å². The number of rotatable bonds is 35. The maximum atomic E-state index is 13.0. The number of likely N-dealkylation sites (tertiary alicyclic amines) is 1. The van der Waals surface area contributed by atoms with E-state index in [4.69, 9.17) is 9.47 Å². The number of unbranched alkanes of at least 4 members (excludes halogenated alkanes) is 18. The number of hydrogen-bond donors (Lipinski definition) is 1. The van der Waals surface area contributed by atoms with Gasteiger partial charge < -0.3 is 19.5 Å². The van der Waals surface area contributed by atoms with Gasteiger partial charge in [0.05, 0.1) is 13.2 Å². The van der Waals surface area contributed by atoms with E-state index in [0.717, 1.165) is 96.7 Å². The van der Waals surface area contributed by atoms with Gasteiger partial charge in [-0.25, -0.2) is 0 Å². The van der Waals surface area contributed by atoms with Crippen LogP contribution in [0.25, 0.3) is 0 Å². The lowest BCUT2D eigenvalue weighted by molar-refractivity contribution is -0.150. The van der Waals surface area contributed by atoms with Crippen molar-refractivity contribution < 1.29 is 24.2 Å². The van der Waals surface area contributed by atoms with Crippen LogP contribution < -0.4 is 0 Å². The molecule has 290 valence electrons. The summed E-state index contributed by atoms with van der Waals surface area (Å²) in [4.78, 5) is 27.7. The third-order valence-electron chi connectivity index (χ3n) is 11.1. The minimum absolute atomic E-state index is 0.00351. The van der Waals surface area contributed by atoms with E-state index < -0.39 is 0 Å². The molecule has 0 aromatic heterocycles. The molecule has 0 unspecified atom stereocenters. The number of esters is 2. The molecular weight excluding hydrogens is 610 g/mol. The van der Waals surface area contributed by atoms with Crippen molar-refractivity contribution in [2.45, 2.75) is 226 Å². The van der Waals surface area contributed by atoms with Gasteiger partial charge in [0.1, 0.15) is 6.10 Å². The molecule has 6 nitrogen and oxygen atoms in total. The van der Waals surface area contributed by atoms with Gasteiger partial charge in [-0.05, 0) is 89.1 Å². The highest BCUT2D eigenvalue weighted by Gasteiger charge is 2.33. The molecule has 0 atom stereocenters. The average molecular weight is 694 g/mol. The van der Waals surface area contributed by atoms with Crippen LogP contribution in [-0.2, 0) is 19.1 Å². The summed E-state index contributed by atoms with van der Waals surface area (Å²) in [5, 5.41) is 9.45.